The van der Waals surface area contributed by atoms with E-state index in [0.29, 0.717) is 0 Å². The molecule has 350 valence electrons. The number of carboxylic acids is 8. The van der Waals surface area contributed by atoms with E-state index in [2.05, 4.69) is 0 Å². The van der Waals surface area contributed by atoms with Crippen molar-refractivity contribution in [2.24, 2.45) is 0 Å². The molecule has 0 spiro atoms. The Kier molecular flexibility index (Phi) is 71.9. The Labute approximate surface area is 594 Å². The first-order valence-corrected chi connectivity index (χ1v) is 22.8. The second-order valence-corrected chi connectivity index (χ2v) is 18.0. The van der Waals surface area contributed by atoms with Crippen molar-refractivity contribution in [3.8, 4) is 0 Å². The zero-order chi connectivity index (χ0) is 45.9. The average Bonchev–Trinajstić information content (AvgIpc) is 3.16. The Bertz CT molecular complexity index is 1440. The van der Waals surface area contributed by atoms with Crippen LogP contribution in [-0.4, -0.2) is 163 Å². The van der Waals surface area contributed by atoms with Crippen LogP contribution in [-0.2, 0) is 66.8 Å². The largest absolute Gasteiger partial charge is 1.00 e. The molecule has 22 nitrogen and oxygen atoms in total. The van der Waals surface area contributed by atoms with Gasteiger partial charge in [-0.1, -0.05) is 0 Å². The molecule has 9 atom stereocenters. The van der Waals surface area contributed by atoms with Crippen LogP contribution in [0.1, 0.15) is 51.4 Å². The monoisotopic (exact) mass is 1130 g/mol. The van der Waals surface area contributed by atoms with Gasteiger partial charge in [0.15, 0.2) is 6.29 Å². The first kappa shape index (κ1) is 90.5. The number of hydrogen-bond acceptors (Lipinski definition) is 26. The fourth-order valence-corrected chi connectivity index (χ4v) is 9.15. The molecule has 0 N–H and O–H groups in total. The van der Waals surface area contributed by atoms with Gasteiger partial charge >= 0.3 is 236 Å². The summed E-state index contributed by atoms with van der Waals surface area (Å²) in [5.74, 6) is -12.2. The van der Waals surface area contributed by atoms with Gasteiger partial charge in [-0.2, -0.15) is 47.0 Å². The fraction of sp³-hybridized carbons (Fsp3) is 0.771. The van der Waals surface area contributed by atoms with Gasteiger partial charge in [0.25, 0.3) is 0 Å². The normalized spacial score (nSPS) is 18.4. The smallest absolute Gasteiger partial charge is 0.550 e. The van der Waals surface area contributed by atoms with Crippen molar-refractivity contribution in [3.05, 3.63) is 0 Å². The Morgan fingerprint density at radius 3 is 0.986 bits per heavy atom. The van der Waals surface area contributed by atoms with Gasteiger partial charge in [0.05, 0.1) is 30.5 Å². The number of carboxylic acid groups (broad SMARTS) is 8. The summed E-state index contributed by atoms with van der Waals surface area (Å²) in [6.07, 6.45) is -7.72. The van der Waals surface area contributed by atoms with Crippen LogP contribution in [0.5, 0.6) is 0 Å². The minimum atomic E-state index is -1.60. The Hall–Kier alpha value is 4.92. The molecule has 69 heavy (non-hydrogen) atoms. The predicted octanol–water partition coefficient (Wildman–Crippen LogP) is -32.9. The number of ether oxygens (including phenoxy) is 6. The van der Waals surface area contributed by atoms with E-state index in [1.54, 1.807) is 0 Å². The third-order valence-corrected chi connectivity index (χ3v) is 13.2. The molecule has 1 rings (SSSR count). The van der Waals surface area contributed by atoms with Gasteiger partial charge in [-0.05, 0) is 48.7 Å². The van der Waals surface area contributed by atoms with Crippen LogP contribution >= 0.6 is 47.0 Å². The molecule has 0 amide bonds. The van der Waals surface area contributed by atoms with E-state index >= 15 is 0 Å². The molecule has 0 aliphatic carbocycles. The van der Waals surface area contributed by atoms with Crippen molar-refractivity contribution >= 4 is 94.8 Å². The van der Waals surface area contributed by atoms with E-state index in [1.165, 1.54) is 7.11 Å². The first-order chi connectivity index (χ1) is 28.9. The second kappa shape index (κ2) is 54.9. The van der Waals surface area contributed by atoms with Gasteiger partial charge < -0.3 is 108 Å². The molecule has 1 fully saturated rings. The maximum atomic E-state index is 11.4. The number of thioether (sulfide) groups is 4. The third kappa shape index (κ3) is 43.4. The molecular weight excluding hydrogens is 1080 g/mol. The van der Waals surface area contributed by atoms with Gasteiger partial charge in [0, 0.05) is 104 Å². The minimum absolute atomic E-state index is 0. The molecule has 0 aromatic rings. The quantitative estimate of drug-likeness (QED) is 0.0409. The van der Waals surface area contributed by atoms with E-state index in [0.717, 1.165) is 47.0 Å². The molecule has 1 saturated heterocycles. The van der Waals surface area contributed by atoms with Crippen LogP contribution < -0.4 is 277 Å². The van der Waals surface area contributed by atoms with Crippen LogP contribution in [0.2, 0.25) is 0 Å². The summed E-state index contributed by atoms with van der Waals surface area (Å²) in [5, 5.41) is 83.7. The van der Waals surface area contributed by atoms with Gasteiger partial charge in [-0.3, -0.25) is 0 Å². The van der Waals surface area contributed by atoms with Crippen LogP contribution in [0.4, 0.5) is 0 Å². The van der Waals surface area contributed by atoms with Gasteiger partial charge in [0.1, 0.15) is 24.4 Å². The Morgan fingerprint density at radius 1 is 0.435 bits per heavy atom. The molecule has 0 aromatic carbocycles. The Morgan fingerprint density at radius 2 is 0.710 bits per heavy atom. The summed E-state index contributed by atoms with van der Waals surface area (Å²) >= 11 is 3.19. The van der Waals surface area contributed by atoms with Crippen molar-refractivity contribution in [2.75, 3.05) is 63.2 Å². The SMILES string of the molecule is COC1OC(COCCCSC(CC(=O)[O-])C(=O)[O-])C(OCCCSC(CC(=O)[O-])C(=O)[O-])C(OCCCSC(CC(=O)[O-])C(=O)[O-])C1OCCCSC(CC(=O)[O-])C(=O)[O-].[Na+].[Na+].[Na+].[Na+].[Na+].[Na+].[Na+].[Na+]. The molecule has 34 heteroatoms. The van der Waals surface area contributed by atoms with Crippen molar-refractivity contribution in [3.63, 3.8) is 0 Å². The predicted molar refractivity (Wildman–Crippen MR) is 198 cm³/mol. The summed E-state index contributed by atoms with van der Waals surface area (Å²) in [4.78, 5) is 89.2. The van der Waals surface area contributed by atoms with Crippen LogP contribution in [0.25, 0.3) is 0 Å². The number of rotatable bonds is 38. The molecular formula is C35H46Na8O22S4. The van der Waals surface area contributed by atoms with Crippen molar-refractivity contribution < 1.29 is 344 Å². The molecule has 9 unspecified atom stereocenters. The average molecular weight is 1130 g/mol. The van der Waals surface area contributed by atoms with E-state index in [4.69, 9.17) is 28.4 Å². The van der Waals surface area contributed by atoms with Crippen LogP contribution in [0, 0.1) is 0 Å². The molecule has 0 aromatic heterocycles. The summed E-state index contributed by atoms with van der Waals surface area (Å²) in [6, 6.07) is 0. The number of aliphatic carboxylic acids is 8. The van der Waals surface area contributed by atoms with Crippen molar-refractivity contribution in [1.82, 2.24) is 0 Å². The number of carbonyl (C=O) groups excluding carboxylic acids is 8. The van der Waals surface area contributed by atoms with Gasteiger partial charge in [-0.25, -0.2) is 0 Å². The summed E-state index contributed by atoms with van der Waals surface area (Å²) in [7, 11) is 1.29. The van der Waals surface area contributed by atoms with Gasteiger partial charge in [-0.15, -0.1) is 0 Å². The maximum absolute atomic E-state index is 11.4. The molecule has 1 heterocycles. The van der Waals surface area contributed by atoms with Gasteiger partial charge in [0.2, 0.25) is 0 Å². The Balaban J connectivity index is -0.000000775. The van der Waals surface area contributed by atoms with Crippen LogP contribution in [0.3, 0.4) is 0 Å². The van der Waals surface area contributed by atoms with E-state index in [9.17, 15) is 79.2 Å². The standard InChI is InChI=1S/C35H54O22S4.8Na/c1-52-35-30(56-9-5-13-61-23(34(50)51)17-27(42)43)29(55-8-4-12-60-22(33(48)49)16-26(40)41)28(54-7-3-11-59-21(32(46)47)15-25(38)39)19(57-35)18-53-6-2-10-58-20(31(44)45)14-24(36)37;;;;;;;;/h19-23,28-30,35H,2-18H2,1H3,(H,36,37)(H,38,39)(H,40,41)(H,42,43)(H,44,45)(H,46,47)(H,48,49)(H,50,51);;;;;;;;/q;8*+1/p-8. The fourth-order valence-electron chi connectivity index (χ4n) is 5.31. The molecule has 0 bridgehead atoms. The molecule has 0 saturated carbocycles. The summed E-state index contributed by atoms with van der Waals surface area (Å²) < 4.78 is 36.1. The topological polar surface area (TPSA) is 376 Å². The summed E-state index contributed by atoms with van der Waals surface area (Å²) in [6.45, 7) is -0.413. The van der Waals surface area contributed by atoms with Crippen LogP contribution in [0.15, 0.2) is 0 Å². The maximum Gasteiger partial charge on any atom is 1.00 e. The third-order valence-electron chi connectivity index (χ3n) is 8.07. The zero-order valence-corrected chi connectivity index (χ0v) is 60.1. The number of carbonyl (C=O) groups is 8. The molecule has 1 aliphatic rings. The minimum Gasteiger partial charge on any atom is -0.550 e. The van der Waals surface area contributed by atoms with E-state index in [1.807, 2.05) is 0 Å². The first-order valence-electron chi connectivity index (χ1n) is 18.6. The molecule has 1 aliphatic heterocycles. The zero-order valence-electron chi connectivity index (χ0n) is 40.8. The second-order valence-electron chi connectivity index (χ2n) is 12.8. The number of hydrogen-bond donors (Lipinski definition) is 0. The molecule has 0 radical (unpaired) electrons. The summed E-state index contributed by atoms with van der Waals surface area (Å²) in [5.41, 5.74) is 0. The van der Waals surface area contributed by atoms with E-state index in [-0.39, 0.29) is 318 Å². The van der Waals surface area contributed by atoms with E-state index < -0.39 is 125 Å². The van der Waals surface area contributed by atoms with Crippen molar-refractivity contribution in [2.45, 2.75) is 103 Å². The van der Waals surface area contributed by atoms with Crippen molar-refractivity contribution in [1.29, 1.82) is 0 Å². The number of methoxy groups -OCH3 is 1.